The minimum absolute atomic E-state index is 0.851. The van der Waals surface area contributed by atoms with E-state index in [1.165, 1.54) is 5.56 Å². The Morgan fingerprint density at radius 2 is 2.06 bits per heavy atom. The summed E-state index contributed by atoms with van der Waals surface area (Å²) in [5, 5.41) is 0. The molecule has 0 radical (unpaired) electrons. The van der Waals surface area contributed by atoms with Crippen molar-refractivity contribution in [2.75, 3.05) is 7.11 Å². The van der Waals surface area contributed by atoms with Crippen LogP contribution in [0.25, 0.3) is 16.9 Å². The largest absolute Gasteiger partial charge is 0.496 e. The molecule has 0 spiro atoms. The molecule has 0 N–H and O–H groups in total. The number of methoxy groups -OCH3 is 1. The average Bonchev–Trinajstić information content (AvgIpc) is 2.82. The zero-order chi connectivity index (χ0) is 12.5. The van der Waals surface area contributed by atoms with Gasteiger partial charge in [0.2, 0.25) is 0 Å². The molecule has 0 aliphatic heterocycles. The van der Waals surface area contributed by atoms with Gasteiger partial charge in [-0.05, 0) is 31.2 Å². The normalized spacial score (nSPS) is 10.8. The summed E-state index contributed by atoms with van der Waals surface area (Å²) in [5.41, 5.74) is 4.10. The molecule has 0 aliphatic carbocycles. The molecule has 0 bridgehead atoms. The summed E-state index contributed by atoms with van der Waals surface area (Å²) in [4.78, 5) is 4.62. The van der Waals surface area contributed by atoms with Gasteiger partial charge in [-0.15, -0.1) is 0 Å². The summed E-state index contributed by atoms with van der Waals surface area (Å²) < 4.78 is 7.41. The Kier molecular flexibility index (Phi) is 2.52. The first-order chi connectivity index (χ1) is 8.78. The number of aryl methyl sites for hydroxylation is 1. The number of rotatable bonds is 2. The van der Waals surface area contributed by atoms with Crippen molar-refractivity contribution in [3.63, 3.8) is 0 Å². The van der Waals surface area contributed by atoms with Gasteiger partial charge in [-0.1, -0.05) is 17.7 Å². The first-order valence-corrected chi connectivity index (χ1v) is 5.86. The van der Waals surface area contributed by atoms with E-state index in [4.69, 9.17) is 4.74 Å². The number of fused-ring (bicyclic) bond motifs is 1. The molecule has 90 valence electrons. The van der Waals surface area contributed by atoms with E-state index in [1.807, 2.05) is 47.1 Å². The molecule has 0 fully saturated rings. The van der Waals surface area contributed by atoms with Crippen LogP contribution in [0.3, 0.4) is 0 Å². The van der Waals surface area contributed by atoms with Crippen molar-refractivity contribution < 1.29 is 4.74 Å². The highest BCUT2D eigenvalue weighted by atomic mass is 16.5. The van der Waals surface area contributed by atoms with Crippen molar-refractivity contribution in [1.29, 1.82) is 0 Å². The maximum Gasteiger partial charge on any atom is 0.137 e. The van der Waals surface area contributed by atoms with Crippen molar-refractivity contribution in [3.05, 3.63) is 54.4 Å². The van der Waals surface area contributed by atoms with Crippen LogP contribution in [0.2, 0.25) is 0 Å². The lowest BCUT2D eigenvalue weighted by atomic mass is 10.1. The molecular weight excluding hydrogens is 224 g/mol. The van der Waals surface area contributed by atoms with Gasteiger partial charge in [-0.2, -0.15) is 0 Å². The maximum atomic E-state index is 5.40. The van der Waals surface area contributed by atoms with E-state index >= 15 is 0 Å². The van der Waals surface area contributed by atoms with Crippen LogP contribution >= 0.6 is 0 Å². The Hall–Kier alpha value is -2.29. The van der Waals surface area contributed by atoms with E-state index in [0.29, 0.717) is 0 Å². The Labute approximate surface area is 106 Å². The van der Waals surface area contributed by atoms with Crippen molar-refractivity contribution in [2.24, 2.45) is 0 Å². The van der Waals surface area contributed by atoms with Gasteiger partial charge in [-0.25, -0.2) is 4.98 Å². The Balaban J connectivity index is 2.22. The number of ether oxygens (including phenoxy) is 1. The molecule has 2 aromatic heterocycles. The molecule has 3 nitrogen and oxygen atoms in total. The Morgan fingerprint density at radius 3 is 2.83 bits per heavy atom. The van der Waals surface area contributed by atoms with Gasteiger partial charge in [0, 0.05) is 18.0 Å². The van der Waals surface area contributed by atoms with Crippen LogP contribution in [0.5, 0.6) is 5.75 Å². The molecule has 0 atom stereocenters. The predicted molar refractivity (Wildman–Crippen MR) is 71.9 cm³/mol. The van der Waals surface area contributed by atoms with E-state index in [-0.39, 0.29) is 0 Å². The minimum Gasteiger partial charge on any atom is -0.496 e. The smallest absolute Gasteiger partial charge is 0.137 e. The van der Waals surface area contributed by atoms with Crippen LogP contribution in [-0.4, -0.2) is 16.5 Å². The third kappa shape index (κ3) is 1.74. The van der Waals surface area contributed by atoms with Crippen LogP contribution in [0.4, 0.5) is 0 Å². The van der Waals surface area contributed by atoms with E-state index in [1.54, 1.807) is 7.11 Å². The minimum atomic E-state index is 0.851. The summed E-state index contributed by atoms with van der Waals surface area (Å²) in [6.07, 6.45) is 4.01. The second-order valence-electron chi connectivity index (χ2n) is 4.30. The summed E-state index contributed by atoms with van der Waals surface area (Å²) >= 11 is 0. The number of aromatic nitrogens is 2. The third-order valence-corrected chi connectivity index (χ3v) is 2.99. The second-order valence-corrected chi connectivity index (χ2v) is 4.30. The number of imidazole rings is 1. The molecule has 3 heteroatoms. The van der Waals surface area contributed by atoms with Gasteiger partial charge in [0.1, 0.15) is 11.4 Å². The topological polar surface area (TPSA) is 26.5 Å². The number of benzene rings is 1. The molecule has 2 heterocycles. The summed E-state index contributed by atoms with van der Waals surface area (Å²) in [6.45, 7) is 2.07. The molecule has 0 saturated heterocycles. The fourth-order valence-corrected chi connectivity index (χ4v) is 2.09. The summed E-state index contributed by atoms with van der Waals surface area (Å²) in [7, 11) is 1.68. The van der Waals surface area contributed by atoms with Crippen LogP contribution in [0, 0.1) is 6.92 Å². The Morgan fingerprint density at radius 1 is 1.17 bits per heavy atom. The molecule has 3 aromatic rings. The zero-order valence-electron chi connectivity index (χ0n) is 10.4. The number of pyridine rings is 1. The van der Waals surface area contributed by atoms with Crippen molar-refractivity contribution >= 4 is 5.65 Å². The molecule has 3 rings (SSSR count). The lowest BCUT2D eigenvalue weighted by Crippen LogP contribution is -1.88. The lowest BCUT2D eigenvalue weighted by molar-refractivity contribution is 0.416. The molecule has 0 amide bonds. The van der Waals surface area contributed by atoms with Gasteiger partial charge in [0.15, 0.2) is 0 Å². The summed E-state index contributed by atoms with van der Waals surface area (Å²) in [5.74, 6) is 0.851. The predicted octanol–water partition coefficient (Wildman–Crippen LogP) is 3.32. The van der Waals surface area contributed by atoms with Gasteiger partial charge < -0.3 is 9.14 Å². The van der Waals surface area contributed by atoms with Crippen LogP contribution in [0.15, 0.2) is 48.8 Å². The highest BCUT2D eigenvalue weighted by molar-refractivity contribution is 5.70. The molecule has 0 saturated carbocycles. The monoisotopic (exact) mass is 238 g/mol. The van der Waals surface area contributed by atoms with Gasteiger partial charge in [0.05, 0.1) is 12.8 Å². The van der Waals surface area contributed by atoms with Crippen LogP contribution in [0.1, 0.15) is 5.56 Å². The molecular formula is C15H14N2O. The van der Waals surface area contributed by atoms with Crippen LogP contribution in [-0.2, 0) is 0 Å². The number of hydrogen-bond acceptors (Lipinski definition) is 2. The van der Waals surface area contributed by atoms with E-state index in [2.05, 4.69) is 18.0 Å². The van der Waals surface area contributed by atoms with Crippen molar-refractivity contribution in [2.45, 2.75) is 6.92 Å². The Bertz CT molecular complexity index is 668. The number of nitrogens with zero attached hydrogens (tertiary/aromatic N) is 2. The first kappa shape index (κ1) is 10.8. The van der Waals surface area contributed by atoms with Crippen molar-refractivity contribution in [3.8, 4) is 17.0 Å². The zero-order valence-corrected chi connectivity index (χ0v) is 10.4. The van der Waals surface area contributed by atoms with Crippen LogP contribution < -0.4 is 4.74 Å². The second kappa shape index (κ2) is 4.18. The first-order valence-electron chi connectivity index (χ1n) is 5.86. The highest BCUT2D eigenvalue weighted by Crippen LogP contribution is 2.30. The highest BCUT2D eigenvalue weighted by Gasteiger charge is 2.09. The SMILES string of the molecule is COc1ccc(C)cc1-c1cn2ccccc2n1. The molecule has 18 heavy (non-hydrogen) atoms. The van der Waals surface area contributed by atoms with Gasteiger partial charge in [0.25, 0.3) is 0 Å². The maximum absolute atomic E-state index is 5.40. The summed E-state index contributed by atoms with van der Waals surface area (Å²) in [6, 6.07) is 12.1. The lowest BCUT2D eigenvalue weighted by Gasteiger charge is -2.06. The van der Waals surface area contributed by atoms with E-state index in [9.17, 15) is 0 Å². The van der Waals surface area contributed by atoms with Crippen molar-refractivity contribution in [1.82, 2.24) is 9.38 Å². The molecule has 1 aromatic carbocycles. The molecule has 0 aliphatic rings. The number of hydrogen-bond donors (Lipinski definition) is 0. The third-order valence-electron chi connectivity index (χ3n) is 2.99. The fraction of sp³-hybridized carbons (Fsp3) is 0.133. The average molecular weight is 238 g/mol. The van der Waals surface area contributed by atoms with E-state index < -0.39 is 0 Å². The van der Waals surface area contributed by atoms with Gasteiger partial charge >= 0.3 is 0 Å². The quantitative estimate of drug-likeness (QED) is 0.684. The molecule has 0 unspecified atom stereocenters. The standard InChI is InChI=1S/C15H14N2O/c1-11-6-7-14(18-2)12(9-11)13-10-17-8-4-3-5-15(17)16-13/h3-10H,1-2H3. The van der Waals surface area contributed by atoms with E-state index in [0.717, 1.165) is 22.7 Å². The van der Waals surface area contributed by atoms with Gasteiger partial charge in [-0.3, -0.25) is 0 Å². The fourth-order valence-electron chi connectivity index (χ4n) is 2.09.